The minimum absolute atomic E-state index is 0.0535. The summed E-state index contributed by atoms with van der Waals surface area (Å²) in [6, 6.07) is 0.0535. The van der Waals surface area contributed by atoms with E-state index in [2.05, 4.69) is 18.9 Å². The van der Waals surface area contributed by atoms with Gasteiger partial charge in [0.1, 0.15) is 0 Å². The van der Waals surface area contributed by atoms with Crippen molar-refractivity contribution in [3.05, 3.63) is 12.7 Å². The van der Waals surface area contributed by atoms with E-state index in [9.17, 15) is 0 Å². The molecule has 1 rings (SSSR count). The molecule has 1 fully saturated rings. The summed E-state index contributed by atoms with van der Waals surface area (Å²) in [5.41, 5.74) is 2.56. The van der Waals surface area contributed by atoms with Crippen LogP contribution in [0.2, 0.25) is 0 Å². The van der Waals surface area contributed by atoms with Crippen LogP contribution in [0.5, 0.6) is 0 Å². The van der Waals surface area contributed by atoms with Gasteiger partial charge in [-0.25, -0.2) is 0 Å². The molecule has 0 saturated carbocycles. The first kappa shape index (κ1) is 9.71. The SMILES string of the molecule is C=CC(NN)C1(C)CCCCO1. The van der Waals surface area contributed by atoms with Gasteiger partial charge in [0.2, 0.25) is 0 Å². The topological polar surface area (TPSA) is 47.3 Å². The molecule has 3 nitrogen and oxygen atoms in total. The first-order chi connectivity index (χ1) is 5.73. The Morgan fingerprint density at radius 2 is 2.42 bits per heavy atom. The van der Waals surface area contributed by atoms with Crippen LogP contribution in [0.4, 0.5) is 0 Å². The van der Waals surface area contributed by atoms with Crippen molar-refractivity contribution in [3.63, 3.8) is 0 Å². The molecule has 0 aromatic rings. The highest BCUT2D eigenvalue weighted by Crippen LogP contribution is 2.27. The van der Waals surface area contributed by atoms with Gasteiger partial charge in [0.05, 0.1) is 11.6 Å². The number of hydrogen-bond acceptors (Lipinski definition) is 3. The third-order valence-corrected chi connectivity index (χ3v) is 2.57. The second kappa shape index (κ2) is 4.03. The molecule has 2 atom stereocenters. The van der Waals surface area contributed by atoms with Gasteiger partial charge >= 0.3 is 0 Å². The molecule has 0 aromatic heterocycles. The van der Waals surface area contributed by atoms with Crippen LogP contribution in [0.25, 0.3) is 0 Å². The van der Waals surface area contributed by atoms with Gasteiger partial charge < -0.3 is 4.74 Å². The predicted molar refractivity (Wildman–Crippen MR) is 49.5 cm³/mol. The van der Waals surface area contributed by atoms with Crippen molar-refractivity contribution in [3.8, 4) is 0 Å². The zero-order valence-electron chi connectivity index (χ0n) is 7.68. The first-order valence-electron chi connectivity index (χ1n) is 4.45. The molecule has 0 bridgehead atoms. The maximum atomic E-state index is 5.70. The zero-order valence-corrected chi connectivity index (χ0v) is 7.68. The molecule has 1 saturated heterocycles. The Bertz CT molecular complexity index is 153. The Hall–Kier alpha value is -0.380. The summed E-state index contributed by atoms with van der Waals surface area (Å²) in [6.07, 6.45) is 5.23. The minimum atomic E-state index is -0.158. The first-order valence-corrected chi connectivity index (χ1v) is 4.45. The summed E-state index contributed by atoms with van der Waals surface area (Å²) >= 11 is 0. The van der Waals surface area contributed by atoms with Crippen LogP contribution >= 0.6 is 0 Å². The molecule has 1 aliphatic rings. The fourth-order valence-corrected chi connectivity index (χ4v) is 1.69. The van der Waals surface area contributed by atoms with Crippen LogP contribution < -0.4 is 11.3 Å². The maximum Gasteiger partial charge on any atom is 0.0855 e. The largest absolute Gasteiger partial charge is 0.373 e. The third-order valence-electron chi connectivity index (χ3n) is 2.57. The molecule has 1 heterocycles. The van der Waals surface area contributed by atoms with E-state index in [4.69, 9.17) is 10.6 Å². The van der Waals surface area contributed by atoms with E-state index in [0.29, 0.717) is 0 Å². The fourth-order valence-electron chi connectivity index (χ4n) is 1.69. The molecule has 0 aliphatic carbocycles. The third kappa shape index (κ3) is 1.86. The Kier molecular flexibility index (Phi) is 3.26. The lowest BCUT2D eigenvalue weighted by Crippen LogP contribution is -2.53. The van der Waals surface area contributed by atoms with E-state index < -0.39 is 0 Å². The number of hydrazine groups is 1. The minimum Gasteiger partial charge on any atom is -0.373 e. The lowest BCUT2D eigenvalue weighted by atomic mass is 9.88. The van der Waals surface area contributed by atoms with E-state index in [0.717, 1.165) is 19.4 Å². The highest BCUT2D eigenvalue weighted by Gasteiger charge is 2.34. The molecular weight excluding hydrogens is 152 g/mol. The summed E-state index contributed by atoms with van der Waals surface area (Å²) in [7, 11) is 0. The van der Waals surface area contributed by atoms with Crippen LogP contribution in [0.3, 0.4) is 0 Å². The van der Waals surface area contributed by atoms with Crippen molar-refractivity contribution in [2.75, 3.05) is 6.61 Å². The lowest BCUT2D eigenvalue weighted by Gasteiger charge is -2.38. The van der Waals surface area contributed by atoms with Gasteiger partial charge in [-0.2, -0.15) is 0 Å². The quantitative estimate of drug-likeness (QED) is 0.377. The maximum absolute atomic E-state index is 5.70. The van der Waals surface area contributed by atoms with E-state index >= 15 is 0 Å². The van der Waals surface area contributed by atoms with Crippen molar-refractivity contribution in [1.29, 1.82) is 0 Å². The van der Waals surface area contributed by atoms with E-state index in [1.165, 1.54) is 6.42 Å². The highest BCUT2D eigenvalue weighted by molar-refractivity contribution is 5.00. The Morgan fingerprint density at radius 3 is 2.83 bits per heavy atom. The molecule has 12 heavy (non-hydrogen) atoms. The molecule has 3 N–H and O–H groups in total. The van der Waals surface area contributed by atoms with Gasteiger partial charge in [0, 0.05) is 6.61 Å². The van der Waals surface area contributed by atoms with Crippen LogP contribution in [0, 0.1) is 0 Å². The van der Waals surface area contributed by atoms with E-state index in [1.54, 1.807) is 0 Å². The van der Waals surface area contributed by atoms with Crippen molar-refractivity contribution < 1.29 is 4.74 Å². The second-order valence-electron chi connectivity index (χ2n) is 3.50. The van der Waals surface area contributed by atoms with Crippen molar-refractivity contribution in [2.45, 2.75) is 37.8 Å². The Labute approximate surface area is 73.9 Å². The summed E-state index contributed by atoms with van der Waals surface area (Å²) in [5, 5.41) is 0. The second-order valence-corrected chi connectivity index (χ2v) is 3.50. The molecule has 1 aliphatic heterocycles. The van der Waals surface area contributed by atoms with Gasteiger partial charge in [-0.3, -0.25) is 11.3 Å². The number of nitrogens with two attached hydrogens (primary N) is 1. The average Bonchev–Trinajstić information content (AvgIpc) is 2.07. The summed E-state index contributed by atoms with van der Waals surface area (Å²) in [4.78, 5) is 0. The molecular formula is C9H18N2O. The van der Waals surface area contributed by atoms with Crippen molar-refractivity contribution in [2.24, 2.45) is 5.84 Å². The zero-order chi connectivity index (χ0) is 9.03. The molecule has 2 unspecified atom stereocenters. The standard InChI is InChI=1S/C9H18N2O/c1-3-8(11-10)9(2)6-4-5-7-12-9/h3,8,11H,1,4-7,10H2,2H3. The fraction of sp³-hybridized carbons (Fsp3) is 0.778. The number of ether oxygens (including phenoxy) is 1. The molecule has 0 aromatic carbocycles. The van der Waals surface area contributed by atoms with Crippen molar-refractivity contribution in [1.82, 2.24) is 5.43 Å². The van der Waals surface area contributed by atoms with Gasteiger partial charge in [-0.15, -0.1) is 6.58 Å². The van der Waals surface area contributed by atoms with Gasteiger partial charge in [-0.05, 0) is 26.2 Å². The van der Waals surface area contributed by atoms with Crippen LogP contribution in [0.15, 0.2) is 12.7 Å². The summed E-state index contributed by atoms with van der Waals surface area (Å²) in [6.45, 7) is 6.65. The Morgan fingerprint density at radius 1 is 1.67 bits per heavy atom. The summed E-state index contributed by atoms with van der Waals surface area (Å²) in [5.74, 6) is 5.40. The average molecular weight is 170 g/mol. The molecule has 70 valence electrons. The summed E-state index contributed by atoms with van der Waals surface area (Å²) < 4.78 is 5.70. The monoisotopic (exact) mass is 170 g/mol. The highest BCUT2D eigenvalue weighted by atomic mass is 16.5. The normalized spacial score (nSPS) is 32.8. The number of hydrogen-bond donors (Lipinski definition) is 2. The predicted octanol–water partition coefficient (Wildman–Crippen LogP) is 0.963. The van der Waals surface area contributed by atoms with Gasteiger partial charge in [-0.1, -0.05) is 6.08 Å². The van der Waals surface area contributed by atoms with Crippen LogP contribution in [-0.4, -0.2) is 18.2 Å². The van der Waals surface area contributed by atoms with E-state index in [1.807, 2.05) is 6.08 Å². The molecule has 0 amide bonds. The van der Waals surface area contributed by atoms with Crippen molar-refractivity contribution >= 4 is 0 Å². The van der Waals surface area contributed by atoms with E-state index in [-0.39, 0.29) is 11.6 Å². The molecule has 3 heteroatoms. The Balaban J connectivity index is 2.59. The number of nitrogens with one attached hydrogen (secondary N) is 1. The number of rotatable bonds is 3. The van der Waals surface area contributed by atoms with Gasteiger partial charge in [0.15, 0.2) is 0 Å². The molecule has 0 radical (unpaired) electrons. The van der Waals surface area contributed by atoms with Crippen LogP contribution in [-0.2, 0) is 4.74 Å². The lowest BCUT2D eigenvalue weighted by molar-refractivity contribution is -0.0788. The van der Waals surface area contributed by atoms with Gasteiger partial charge in [0.25, 0.3) is 0 Å². The molecule has 0 spiro atoms. The smallest absolute Gasteiger partial charge is 0.0855 e. The van der Waals surface area contributed by atoms with Crippen LogP contribution in [0.1, 0.15) is 26.2 Å².